The van der Waals surface area contributed by atoms with Crippen molar-refractivity contribution in [2.24, 2.45) is 0 Å². The van der Waals surface area contributed by atoms with Crippen LogP contribution in [0.3, 0.4) is 0 Å². The van der Waals surface area contributed by atoms with E-state index in [1.165, 1.54) is 12.1 Å². The number of benzene rings is 1. The molecule has 0 aliphatic rings. The third kappa shape index (κ3) is 5.05. The van der Waals surface area contributed by atoms with Crippen LogP contribution in [0.4, 0.5) is 23.2 Å². The molecule has 0 spiro atoms. The summed E-state index contributed by atoms with van der Waals surface area (Å²) in [5.74, 6) is -0.799. The van der Waals surface area contributed by atoms with Crippen LogP contribution in [0.25, 0.3) is 0 Å². The van der Waals surface area contributed by atoms with Crippen molar-refractivity contribution < 1.29 is 35.5 Å². The van der Waals surface area contributed by atoms with Gasteiger partial charge in [0.2, 0.25) is 5.82 Å². The summed E-state index contributed by atoms with van der Waals surface area (Å²) in [5, 5.41) is 9.99. The Morgan fingerprint density at radius 2 is 1.61 bits per heavy atom. The van der Waals surface area contributed by atoms with Gasteiger partial charge < -0.3 is 0 Å². The first-order chi connectivity index (χ1) is 7.97. The zero-order valence-electron chi connectivity index (χ0n) is 8.26. The molecule has 0 bridgehead atoms. The summed E-state index contributed by atoms with van der Waals surface area (Å²) in [4.78, 5) is 9.23. The van der Waals surface area contributed by atoms with E-state index in [0.29, 0.717) is 0 Å². The topological polar surface area (TPSA) is 97.5 Å². The van der Waals surface area contributed by atoms with Gasteiger partial charge >= 0.3 is 21.3 Å². The van der Waals surface area contributed by atoms with E-state index in [1.807, 2.05) is 0 Å². The summed E-state index contributed by atoms with van der Waals surface area (Å²) in [7, 11) is -5.84. The van der Waals surface area contributed by atoms with Crippen molar-refractivity contribution in [2.45, 2.75) is 5.51 Å². The molecule has 0 unspecified atom stereocenters. The Balaban J connectivity index is 0.000000331. The molecule has 1 N–H and O–H groups in total. The van der Waals surface area contributed by atoms with Crippen molar-refractivity contribution in [1.82, 2.24) is 0 Å². The van der Waals surface area contributed by atoms with E-state index in [0.717, 1.165) is 12.1 Å². The van der Waals surface area contributed by atoms with Gasteiger partial charge in [-0.3, -0.25) is 14.7 Å². The van der Waals surface area contributed by atoms with Crippen molar-refractivity contribution in [3.8, 4) is 0 Å². The normalized spacial score (nSPS) is 11.4. The Labute approximate surface area is 97.7 Å². The fourth-order valence-electron chi connectivity index (χ4n) is 0.600. The highest BCUT2D eigenvalue weighted by atomic mass is 32.2. The average molecular weight is 291 g/mol. The Morgan fingerprint density at radius 3 is 1.83 bits per heavy atom. The summed E-state index contributed by atoms with van der Waals surface area (Å²) in [6.45, 7) is 0. The van der Waals surface area contributed by atoms with Crippen LogP contribution in [0.15, 0.2) is 24.3 Å². The van der Waals surface area contributed by atoms with E-state index in [9.17, 15) is 27.7 Å². The fourth-order valence-corrected chi connectivity index (χ4v) is 0.600. The number of nitrogens with zero attached hydrogens (tertiary/aromatic N) is 1. The van der Waals surface area contributed by atoms with Crippen LogP contribution in [0.1, 0.15) is 0 Å². The quantitative estimate of drug-likeness (QED) is 0.281. The molecule has 0 fully saturated rings. The second-order valence-corrected chi connectivity index (χ2v) is 4.04. The molecule has 0 radical (unpaired) electrons. The number of alkyl halides is 3. The highest BCUT2D eigenvalue weighted by Crippen LogP contribution is 2.20. The van der Waals surface area contributed by atoms with Crippen LogP contribution in [-0.2, 0) is 10.1 Å². The summed E-state index contributed by atoms with van der Waals surface area (Å²) in [5.41, 5.74) is -6.02. The minimum absolute atomic E-state index is 0.484. The fraction of sp³-hybridized carbons (Fsp3) is 0.143. The van der Waals surface area contributed by atoms with Crippen molar-refractivity contribution in [2.75, 3.05) is 0 Å². The predicted molar refractivity (Wildman–Crippen MR) is 50.7 cm³/mol. The second kappa shape index (κ2) is 5.73. The maximum Gasteiger partial charge on any atom is 0.522 e. The zero-order valence-corrected chi connectivity index (χ0v) is 9.07. The molecule has 0 heterocycles. The van der Waals surface area contributed by atoms with Crippen LogP contribution in [0.5, 0.6) is 0 Å². The van der Waals surface area contributed by atoms with Gasteiger partial charge in [-0.15, -0.1) is 0 Å². The van der Waals surface area contributed by atoms with E-state index < -0.39 is 32.1 Å². The maximum absolute atomic E-state index is 12.4. The number of hydrogen-bond donors (Lipinski definition) is 1. The lowest BCUT2D eigenvalue weighted by Crippen LogP contribution is -2.21. The highest BCUT2D eigenvalue weighted by Gasteiger charge is 2.44. The average Bonchev–Trinajstić information content (AvgIpc) is 2.15. The standard InChI is InChI=1S/C6H4FNO2.CHF3O3S/c7-5-3-1-2-4-6(5)8(9)10;2-1(3,4)8(5,6)7/h1-4H;(H,5,6,7). The summed E-state index contributed by atoms with van der Waals surface area (Å²) in [6, 6.07) is 5.00. The van der Waals surface area contributed by atoms with Crippen molar-refractivity contribution in [3.05, 3.63) is 40.2 Å². The summed E-state index contributed by atoms with van der Waals surface area (Å²) >= 11 is 0. The number of hydrogen-bond acceptors (Lipinski definition) is 4. The number of para-hydroxylation sites is 1. The summed E-state index contributed by atoms with van der Waals surface area (Å²) in [6.07, 6.45) is 0. The van der Waals surface area contributed by atoms with Gasteiger partial charge in [-0.05, 0) is 6.07 Å². The molecule has 1 rings (SSSR count). The molecular weight excluding hydrogens is 286 g/mol. The Kier molecular flexibility index (Phi) is 5.17. The largest absolute Gasteiger partial charge is 0.522 e. The van der Waals surface area contributed by atoms with Gasteiger partial charge in [-0.1, -0.05) is 12.1 Å². The third-order valence-corrected chi connectivity index (χ3v) is 1.93. The molecule has 0 saturated heterocycles. The SMILES string of the molecule is O=S(=O)(O)C(F)(F)F.O=[N+]([O-])c1ccccc1F. The first-order valence-electron chi connectivity index (χ1n) is 3.89. The highest BCUT2D eigenvalue weighted by molar-refractivity contribution is 7.86. The summed E-state index contributed by atoms with van der Waals surface area (Å²) < 4.78 is 69.9. The molecule has 0 aliphatic carbocycles. The van der Waals surface area contributed by atoms with Crippen LogP contribution in [-0.4, -0.2) is 23.4 Å². The van der Waals surface area contributed by atoms with Crippen LogP contribution in [0.2, 0.25) is 0 Å². The first kappa shape index (κ1) is 16.2. The lowest BCUT2D eigenvalue weighted by molar-refractivity contribution is -0.387. The van der Waals surface area contributed by atoms with E-state index >= 15 is 0 Å². The van der Waals surface area contributed by atoms with E-state index in [4.69, 9.17) is 13.0 Å². The van der Waals surface area contributed by atoms with Gasteiger partial charge in [0.1, 0.15) is 0 Å². The molecule has 0 aliphatic heterocycles. The minimum atomic E-state index is -5.84. The number of nitro benzene ring substituents is 1. The van der Waals surface area contributed by atoms with Gasteiger partial charge in [0.05, 0.1) is 4.92 Å². The van der Waals surface area contributed by atoms with E-state index in [2.05, 4.69) is 0 Å². The van der Waals surface area contributed by atoms with Gasteiger partial charge in [-0.2, -0.15) is 26.0 Å². The number of rotatable bonds is 1. The van der Waals surface area contributed by atoms with E-state index in [1.54, 1.807) is 0 Å². The third-order valence-electron chi connectivity index (χ3n) is 1.34. The van der Waals surface area contributed by atoms with Crippen molar-refractivity contribution >= 4 is 15.8 Å². The lowest BCUT2D eigenvalue weighted by atomic mass is 10.3. The Bertz CT molecular complexity index is 527. The first-order valence-corrected chi connectivity index (χ1v) is 5.33. The molecule has 102 valence electrons. The molecule has 0 aromatic heterocycles. The molecule has 0 saturated carbocycles. The Morgan fingerprint density at radius 1 is 1.22 bits per heavy atom. The van der Waals surface area contributed by atoms with E-state index in [-0.39, 0.29) is 0 Å². The molecule has 6 nitrogen and oxygen atoms in total. The van der Waals surface area contributed by atoms with Crippen LogP contribution < -0.4 is 0 Å². The van der Waals surface area contributed by atoms with Crippen LogP contribution >= 0.6 is 0 Å². The van der Waals surface area contributed by atoms with Gasteiger partial charge in [0.15, 0.2) is 0 Å². The number of halogens is 4. The van der Waals surface area contributed by atoms with Crippen molar-refractivity contribution in [1.29, 1.82) is 0 Å². The molecule has 0 atom stereocenters. The van der Waals surface area contributed by atoms with Crippen LogP contribution in [0, 0.1) is 15.9 Å². The minimum Gasteiger partial charge on any atom is -0.279 e. The lowest BCUT2D eigenvalue weighted by Gasteiger charge is -1.97. The zero-order chi connectivity index (χ0) is 14.6. The molecule has 11 heteroatoms. The molecule has 0 amide bonds. The molecule has 1 aromatic carbocycles. The van der Waals surface area contributed by atoms with Gasteiger partial charge in [0, 0.05) is 6.07 Å². The van der Waals surface area contributed by atoms with Gasteiger partial charge in [0.25, 0.3) is 0 Å². The molecule has 18 heavy (non-hydrogen) atoms. The van der Waals surface area contributed by atoms with Crippen molar-refractivity contribution in [3.63, 3.8) is 0 Å². The smallest absolute Gasteiger partial charge is 0.279 e. The Hall–Kier alpha value is -1.75. The number of nitro groups is 1. The monoisotopic (exact) mass is 291 g/mol. The molecular formula is C7H5F4NO5S. The van der Waals surface area contributed by atoms with Gasteiger partial charge in [-0.25, -0.2) is 0 Å². The predicted octanol–water partition coefficient (Wildman–Crippen LogP) is 2.13. The maximum atomic E-state index is 12.4. The second-order valence-electron chi connectivity index (χ2n) is 2.63. The molecule has 1 aromatic rings.